The Morgan fingerprint density at radius 3 is 2.88 bits per heavy atom. The Kier molecular flexibility index (Phi) is 6.52. The van der Waals surface area contributed by atoms with Crippen LogP contribution in [0.15, 0.2) is 0 Å². The first-order valence-corrected chi connectivity index (χ1v) is 6.68. The first kappa shape index (κ1) is 14.5. The van der Waals surface area contributed by atoms with Crippen molar-refractivity contribution in [2.75, 3.05) is 40.3 Å². The monoisotopic (exact) mass is 242 g/mol. The molecule has 1 atom stereocenters. The van der Waals surface area contributed by atoms with Gasteiger partial charge in [0.25, 0.3) is 0 Å². The van der Waals surface area contributed by atoms with Gasteiger partial charge in [0.15, 0.2) is 0 Å². The van der Waals surface area contributed by atoms with E-state index in [0.717, 1.165) is 13.0 Å². The van der Waals surface area contributed by atoms with Gasteiger partial charge in [0, 0.05) is 6.04 Å². The number of carbonyl (C=O) groups is 1. The number of carbonyl (C=O) groups excluding carboxylic acids is 1. The van der Waals surface area contributed by atoms with Gasteiger partial charge in [-0.25, -0.2) is 0 Å². The summed E-state index contributed by atoms with van der Waals surface area (Å²) in [6, 6.07) is 0.688. The molecule has 100 valence electrons. The second-order valence-electron chi connectivity index (χ2n) is 4.96. The maximum atomic E-state index is 11.3. The minimum absolute atomic E-state index is 0.119. The van der Waals surface area contributed by atoms with Crippen LogP contribution in [-0.4, -0.2) is 62.1 Å². The second kappa shape index (κ2) is 7.67. The van der Waals surface area contributed by atoms with Gasteiger partial charge < -0.3 is 9.64 Å². The topological polar surface area (TPSA) is 32.8 Å². The van der Waals surface area contributed by atoms with E-state index in [1.807, 2.05) is 14.0 Å². The van der Waals surface area contributed by atoms with Crippen LogP contribution in [0.3, 0.4) is 0 Å². The molecule has 0 bridgehead atoms. The molecule has 0 saturated carbocycles. The number of likely N-dealkylation sites (N-methyl/N-ethyl adjacent to an activating group) is 1. The van der Waals surface area contributed by atoms with Crippen molar-refractivity contribution in [3.63, 3.8) is 0 Å². The van der Waals surface area contributed by atoms with Crippen LogP contribution < -0.4 is 0 Å². The Labute approximate surface area is 105 Å². The lowest BCUT2D eigenvalue weighted by molar-refractivity contribution is -0.144. The third-order valence-corrected chi connectivity index (χ3v) is 3.47. The molecular formula is C13H26N2O2. The molecule has 1 rings (SSSR count). The van der Waals surface area contributed by atoms with Gasteiger partial charge in [-0.2, -0.15) is 0 Å². The number of rotatable bonds is 6. The molecule has 0 amide bonds. The zero-order valence-corrected chi connectivity index (χ0v) is 11.4. The van der Waals surface area contributed by atoms with Crippen LogP contribution in [0.25, 0.3) is 0 Å². The fourth-order valence-corrected chi connectivity index (χ4v) is 2.38. The zero-order valence-electron chi connectivity index (χ0n) is 11.4. The Morgan fingerprint density at radius 1 is 1.47 bits per heavy atom. The number of ether oxygens (including phenoxy) is 1. The number of hydrogen-bond acceptors (Lipinski definition) is 4. The molecule has 17 heavy (non-hydrogen) atoms. The SMILES string of the molecule is CCOC(=O)CN(C)CCC1CCCCN1C. The molecule has 1 aliphatic rings. The fraction of sp³-hybridized carbons (Fsp3) is 0.923. The van der Waals surface area contributed by atoms with E-state index in [1.54, 1.807) is 0 Å². The van der Waals surface area contributed by atoms with Gasteiger partial charge in [-0.05, 0) is 53.4 Å². The first-order valence-electron chi connectivity index (χ1n) is 6.68. The van der Waals surface area contributed by atoms with E-state index in [1.165, 1.54) is 25.8 Å². The molecule has 0 aromatic heterocycles. The highest BCUT2D eigenvalue weighted by Gasteiger charge is 2.19. The van der Waals surface area contributed by atoms with Crippen molar-refractivity contribution in [1.29, 1.82) is 0 Å². The predicted octanol–water partition coefficient (Wildman–Crippen LogP) is 1.36. The average molecular weight is 242 g/mol. The molecule has 0 aromatic rings. The third kappa shape index (κ3) is 5.50. The van der Waals surface area contributed by atoms with Gasteiger partial charge in [0.1, 0.15) is 0 Å². The number of hydrogen-bond donors (Lipinski definition) is 0. The van der Waals surface area contributed by atoms with Crippen molar-refractivity contribution in [1.82, 2.24) is 9.80 Å². The molecule has 0 aliphatic carbocycles. The highest BCUT2D eigenvalue weighted by molar-refractivity contribution is 5.71. The first-order chi connectivity index (χ1) is 8.13. The molecule has 1 aliphatic heterocycles. The summed E-state index contributed by atoms with van der Waals surface area (Å²) < 4.78 is 4.93. The predicted molar refractivity (Wildman–Crippen MR) is 69.0 cm³/mol. The van der Waals surface area contributed by atoms with Gasteiger partial charge in [-0.1, -0.05) is 6.42 Å². The number of likely N-dealkylation sites (tertiary alicyclic amines) is 1. The lowest BCUT2D eigenvalue weighted by Crippen LogP contribution is -2.39. The van der Waals surface area contributed by atoms with E-state index in [0.29, 0.717) is 19.2 Å². The lowest BCUT2D eigenvalue weighted by atomic mass is 10.00. The summed E-state index contributed by atoms with van der Waals surface area (Å²) in [6.07, 6.45) is 5.11. The summed E-state index contributed by atoms with van der Waals surface area (Å²) in [7, 11) is 4.19. The van der Waals surface area contributed by atoms with Gasteiger partial charge in [-0.15, -0.1) is 0 Å². The largest absolute Gasteiger partial charge is 0.465 e. The molecule has 1 heterocycles. The fourth-order valence-electron chi connectivity index (χ4n) is 2.38. The molecule has 4 nitrogen and oxygen atoms in total. The van der Waals surface area contributed by atoms with Crippen molar-refractivity contribution in [3.8, 4) is 0 Å². The van der Waals surface area contributed by atoms with Gasteiger partial charge in [0.2, 0.25) is 0 Å². The summed E-state index contributed by atoms with van der Waals surface area (Å²) in [4.78, 5) is 15.8. The van der Waals surface area contributed by atoms with Gasteiger partial charge >= 0.3 is 5.97 Å². The summed E-state index contributed by atoms with van der Waals surface area (Å²) >= 11 is 0. The summed E-state index contributed by atoms with van der Waals surface area (Å²) in [5.74, 6) is -0.119. The maximum Gasteiger partial charge on any atom is 0.320 e. The summed E-state index contributed by atoms with van der Waals surface area (Å²) in [5.41, 5.74) is 0. The lowest BCUT2D eigenvalue weighted by Gasteiger charge is -2.33. The van der Waals surface area contributed by atoms with E-state index < -0.39 is 0 Å². The van der Waals surface area contributed by atoms with Crippen molar-refractivity contribution in [3.05, 3.63) is 0 Å². The number of piperidine rings is 1. The highest BCUT2D eigenvalue weighted by Crippen LogP contribution is 2.17. The summed E-state index contributed by atoms with van der Waals surface area (Å²) in [5, 5.41) is 0. The third-order valence-electron chi connectivity index (χ3n) is 3.47. The molecular weight excluding hydrogens is 216 g/mol. The molecule has 0 radical (unpaired) electrons. The molecule has 1 unspecified atom stereocenters. The highest BCUT2D eigenvalue weighted by atomic mass is 16.5. The number of esters is 1. The molecule has 4 heteroatoms. The minimum Gasteiger partial charge on any atom is -0.465 e. The van der Waals surface area contributed by atoms with Crippen LogP contribution >= 0.6 is 0 Å². The number of nitrogens with zero attached hydrogens (tertiary/aromatic N) is 2. The Bertz CT molecular complexity index is 233. The molecule has 0 spiro atoms. The molecule has 0 N–H and O–H groups in total. The van der Waals surface area contributed by atoms with Crippen LogP contribution in [0.5, 0.6) is 0 Å². The van der Waals surface area contributed by atoms with E-state index in [4.69, 9.17) is 4.74 Å². The Morgan fingerprint density at radius 2 is 2.24 bits per heavy atom. The van der Waals surface area contributed by atoms with Crippen LogP contribution in [0.4, 0.5) is 0 Å². The maximum absolute atomic E-state index is 11.3. The Hall–Kier alpha value is -0.610. The molecule has 1 fully saturated rings. The smallest absolute Gasteiger partial charge is 0.320 e. The van der Waals surface area contributed by atoms with Crippen LogP contribution in [0.2, 0.25) is 0 Å². The van der Waals surface area contributed by atoms with Crippen LogP contribution in [-0.2, 0) is 9.53 Å². The minimum atomic E-state index is -0.119. The van der Waals surface area contributed by atoms with Gasteiger partial charge in [-0.3, -0.25) is 9.69 Å². The Balaban J connectivity index is 2.18. The van der Waals surface area contributed by atoms with Crippen LogP contribution in [0.1, 0.15) is 32.6 Å². The van der Waals surface area contributed by atoms with Crippen molar-refractivity contribution < 1.29 is 9.53 Å². The molecule has 1 saturated heterocycles. The molecule has 0 aromatic carbocycles. The average Bonchev–Trinajstić information content (AvgIpc) is 2.28. The van der Waals surface area contributed by atoms with Crippen LogP contribution in [0, 0.1) is 0 Å². The summed E-state index contributed by atoms with van der Waals surface area (Å²) in [6.45, 7) is 4.90. The normalized spacial score (nSPS) is 21.8. The van der Waals surface area contributed by atoms with E-state index in [-0.39, 0.29) is 5.97 Å². The standard InChI is InChI=1S/C13H26N2O2/c1-4-17-13(16)11-14(2)10-8-12-7-5-6-9-15(12)3/h12H,4-11H2,1-3H3. The van der Waals surface area contributed by atoms with Crippen molar-refractivity contribution in [2.24, 2.45) is 0 Å². The van der Waals surface area contributed by atoms with Crippen molar-refractivity contribution in [2.45, 2.75) is 38.6 Å². The van der Waals surface area contributed by atoms with E-state index >= 15 is 0 Å². The van der Waals surface area contributed by atoms with Crippen molar-refractivity contribution >= 4 is 5.97 Å². The second-order valence-corrected chi connectivity index (χ2v) is 4.96. The van der Waals surface area contributed by atoms with E-state index in [2.05, 4.69) is 16.8 Å². The quantitative estimate of drug-likeness (QED) is 0.658. The zero-order chi connectivity index (χ0) is 12.7. The van der Waals surface area contributed by atoms with Gasteiger partial charge in [0.05, 0.1) is 13.2 Å². The van der Waals surface area contributed by atoms with E-state index in [9.17, 15) is 4.79 Å².